The number of carbonyl (C=O) groups excluding carboxylic acids is 1. The van der Waals surface area contributed by atoms with Gasteiger partial charge in [0.2, 0.25) is 5.91 Å². The first-order chi connectivity index (χ1) is 8.72. The largest absolute Gasteiger partial charge is 0.355 e. The third kappa shape index (κ3) is 10.6. The molecule has 0 rings (SSSR count). The van der Waals surface area contributed by atoms with Crippen molar-refractivity contribution in [1.29, 1.82) is 0 Å². The Morgan fingerprint density at radius 3 is 2.17 bits per heavy atom. The Hall–Kier alpha value is -0.570. The molecule has 0 aromatic carbocycles. The molecule has 0 spiro atoms. The van der Waals surface area contributed by atoms with Crippen molar-refractivity contribution in [3.63, 3.8) is 0 Å². The number of nitrogens with one attached hydrogen (secondary N) is 2. The van der Waals surface area contributed by atoms with Crippen LogP contribution in [0.1, 0.15) is 72.1 Å². The van der Waals surface area contributed by atoms with Gasteiger partial charge in [-0.15, -0.1) is 0 Å². The SMILES string of the molecule is CCCCCCCCNC(C)C(=O)NCCCC. The molecule has 108 valence electrons. The van der Waals surface area contributed by atoms with Crippen LogP contribution in [0.3, 0.4) is 0 Å². The van der Waals surface area contributed by atoms with E-state index in [0.29, 0.717) is 0 Å². The number of unbranched alkanes of at least 4 members (excludes halogenated alkanes) is 6. The van der Waals surface area contributed by atoms with E-state index in [1.165, 1.54) is 38.5 Å². The number of rotatable bonds is 12. The summed E-state index contributed by atoms with van der Waals surface area (Å²) in [6.45, 7) is 8.07. The van der Waals surface area contributed by atoms with E-state index in [0.717, 1.165) is 25.9 Å². The van der Waals surface area contributed by atoms with Crippen LogP contribution in [0.5, 0.6) is 0 Å². The van der Waals surface area contributed by atoms with Crippen LogP contribution < -0.4 is 10.6 Å². The van der Waals surface area contributed by atoms with Gasteiger partial charge in [-0.3, -0.25) is 4.79 Å². The quantitative estimate of drug-likeness (QED) is 0.526. The average Bonchev–Trinajstić information content (AvgIpc) is 2.37. The molecule has 3 nitrogen and oxygen atoms in total. The molecule has 18 heavy (non-hydrogen) atoms. The molecule has 0 aliphatic rings. The Balaban J connectivity index is 3.34. The molecule has 1 atom stereocenters. The molecule has 0 aromatic rings. The van der Waals surface area contributed by atoms with Gasteiger partial charge in [0.15, 0.2) is 0 Å². The minimum Gasteiger partial charge on any atom is -0.355 e. The maximum Gasteiger partial charge on any atom is 0.236 e. The molecule has 0 aliphatic heterocycles. The Morgan fingerprint density at radius 2 is 1.50 bits per heavy atom. The van der Waals surface area contributed by atoms with E-state index < -0.39 is 0 Å². The van der Waals surface area contributed by atoms with E-state index >= 15 is 0 Å². The van der Waals surface area contributed by atoms with Crippen molar-refractivity contribution in [2.75, 3.05) is 13.1 Å². The lowest BCUT2D eigenvalue weighted by molar-refractivity contribution is -0.122. The van der Waals surface area contributed by atoms with Crippen molar-refractivity contribution < 1.29 is 4.79 Å². The number of amides is 1. The van der Waals surface area contributed by atoms with Gasteiger partial charge < -0.3 is 10.6 Å². The molecule has 0 aliphatic carbocycles. The van der Waals surface area contributed by atoms with Gasteiger partial charge in [-0.1, -0.05) is 52.4 Å². The van der Waals surface area contributed by atoms with E-state index in [1.807, 2.05) is 6.92 Å². The summed E-state index contributed by atoms with van der Waals surface area (Å²) in [4.78, 5) is 11.6. The van der Waals surface area contributed by atoms with Gasteiger partial charge in [0, 0.05) is 6.54 Å². The first-order valence-electron chi connectivity index (χ1n) is 7.73. The molecule has 3 heteroatoms. The van der Waals surface area contributed by atoms with Gasteiger partial charge in [0.25, 0.3) is 0 Å². The molecule has 0 saturated carbocycles. The van der Waals surface area contributed by atoms with Crippen LogP contribution in [0.4, 0.5) is 0 Å². The second-order valence-electron chi connectivity index (χ2n) is 5.09. The molecule has 0 radical (unpaired) electrons. The number of hydrogen-bond donors (Lipinski definition) is 2. The summed E-state index contributed by atoms with van der Waals surface area (Å²) >= 11 is 0. The molecule has 0 saturated heterocycles. The van der Waals surface area contributed by atoms with Crippen molar-refractivity contribution in [1.82, 2.24) is 10.6 Å². The lowest BCUT2D eigenvalue weighted by atomic mass is 10.1. The highest BCUT2D eigenvalue weighted by Gasteiger charge is 2.10. The van der Waals surface area contributed by atoms with E-state index in [9.17, 15) is 4.79 Å². The fourth-order valence-electron chi connectivity index (χ4n) is 1.86. The van der Waals surface area contributed by atoms with Gasteiger partial charge in [0.05, 0.1) is 6.04 Å². The summed E-state index contributed by atoms with van der Waals surface area (Å²) in [5, 5.41) is 6.24. The summed E-state index contributed by atoms with van der Waals surface area (Å²) in [6.07, 6.45) is 9.97. The highest BCUT2D eigenvalue weighted by molar-refractivity contribution is 5.81. The predicted octanol–water partition coefficient (Wildman–Crippen LogP) is 3.24. The second-order valence-corrected chi connectivity index (χ2v) is 5.09. The van der Waals surface area contributed by atoms with E-state index in [-0.39, 0.29) is 11.9 Å². The number of hydrogen-bond acceptors (Lipinski definition) is 2. The maximum absolute atomic E-state index is 11.6. The lowest BCUT2D eigenvalue weighted by Crippen LogP contribution is -2.42. The minimum absolute atomic E-state index is 0.0579. The highest BCUT2D eigenvalue weighted by atomic mass is 16.2. The molecule has 0 aromatic heterocycles. The van der Waals surface area contributed by atoms with Gasteiger partial charge in [-0.05, 0) is 26.3 Å². The van der Waals surface area contributed by atoms with E-state index in [2.05, 4.69) is 24.5 Å². The third-order valence-electron chi connectivity index (χ3n) is 3.20. The van der Waals surface area contributed by atoms with Gasteiger partial charge >= 0.3 is 0 Å². The van der Waals surface area contributed by atoms with E-state index in [1.54, 1.807) is 0 Å². The molecule has 1 amide bonds. The van der Waals surface area contributed by atoms with Crippen LogP contribution in [0, 0.1) is 0 Å². The summed E-state index contributed by atoms with van der Waals surface area (Å²) < 4.78 is 0. The average molecular weight is 256 g/mol. The van der Waals surface area contributed by atoms with E-state index in [4.69, 9.17) is 0 Å². The summed E-state index contributed by atoms with van der Waals surface area (Å²) in [5.74, 6) is 0.134. The van der Waals surface area contributed by atoms with Gasteiger partial charge in [-0.2, -0.15) is 0 Å². The molecule has 0 bridgehead atoms. The van der Waals surface area contributed by atoms with Crippen LogP contribution in [-0.4, -0.2) is 25.0 Å². The van der Waals surface area contributed by atoms with Crippen molar-refractivity contribution in [3.05, 3.63) is 0 Å². The number of carbonyl (C=O) groups is 1. The smallest absolute Gasteiger partial charge is 0.236 e. The van der Waals surface area contributed by atoms with Crippen LogP contribution in [-0.2, 0) is 4.79 Å². The Morgan fingerprint density at radius 1 is 0.889 bits per heavy atom. The molecular weight excluding hydrogens is 224 g/mol. The highest BCUT2D eigenvalue weighted by Crippen LogP contribution is 2.04. The fourth-order valence-corrected chi connectivity index (χ4v) is 1.86. The van der Waals surface area contributed by atoms with Crippen molar-refractivity contribution >= 4 is 5.91 Å². The molecule has 0 fully saturated rings. The standard InChI is InChI=1S/C15H32N2O/c1-4-6-8-9-10-11-13-16-14(3)15(18)17-12-7-5-2/h14,16H,4-13H2,1-3H3,(H,17,18). The normalized spacial score (nSPS) is 12.4. The summed E-state index contributed by atoms with van der Waals surface area (Å²) in [7, 11) is 0. The second kappa shape index (κ2) is 12.9. The maximum atomic E-state index is 11.6. The molecular formula is C15H32N2O. The fraction of sp³-hybridized carbons (Fsp3) is 0.933. The van der Waals surface area contributed by atoms with Crippen molar-refractivity contribution in [2.45, 2.75) is 78.2 Å². The molecule has 2 N–H and O–H groups in total. The van der Waals surface area contributed by atoms with Crippen LogP contribution in [0.25, 0.3) is 0 Å². The minimum atomic E-state index is -0.0579. The Bertz CT molecular complexity index is 195. The summed E-state index contributed by atoms with van der Waals surface area (Å²) in [6, 6.07) is -0.0579. The van der Waals surface area contributed by atoms with Crippen molar-refractivity contribution in [3.8, 4) is 0 Å². The van der Waals surface area contributed by atoms with Crippen LogP contribution >= 0.6 is 0 Å². The molecule has 1 unspecified atom stereocenters. The first kappa shape index (κ1) is 17.4. The van der Waals surface area contributed by atoms with Gasteiger partial charge in [-0.25, -0.2) is 0 Å². The summed E-state index contributed by atoms with van der Waals surface area (Å²) in [5.41, 5.74) is 0. The third-order valence-corrected chi connectivity index (χ3v) is 3.20. The lowest BCUT2D eigenvalue weighted by Gasteiger charge is -2.13. The van der Waals surface area contributed by atoms with Crippen LogP contribution in [0.2, 0.25) is 0 Å². The Labute approximate surface area is 113 Å². The Kier molecular flexibility index (Phi) is 12.5. The molecule has 0 heterocycles. The zero-order chi connectivity index (χ0) is 13.6. The van der Waals surface area contributed by atoms with Crippen LogP contribution in [0.15, 0.2) is 0 Å². The van der Waals surface area contributed by atoms with Crippen molar-refractivity contribution in [2.24, 2.45) is 0 Å². The first-order valence-corrected chi connectivity index (χ1v) is 7.73. The van der Waals surface area contributed by atoms with Gasteiger partial charge in [0.1, 0.15) is 0 Å². The zero-order valence-corrected chi connectivity index (χ0v) is 12.6. The topological polar surface area (TPSA) is 41.1 Å². The predicted molar refractivity (Wildman–Crippen MR) is 78.8 cm³/mol. The monoisotopic (exact) mass is 256 g/mol. The zero-order valence-electron chi connectivity index (χ0n) is 12.6.